The van der Waals surface area contributed by atoms with Gasteiger partial charge in [-0.2, -0.15) is 4.68 Å². The van der Waals surface area contributed by atoms with Crippen LogP contribution in [0.2, 0.25) is 0 Å². The molecule has 27 heavy (non-hydrogen) atoms. The standard InChI is InChI=1S/C17H20N6O3S/c1-10-7-18-15(27-10)20-13(24)16-3-11-2-12(4-16)6-17(5-11,8-16)22-9-19-14(21-22)23(25)26/h7,9,11-12H,2-6,8H2,1H3,(H,18,20,24). The molecule has 0 aliphatic heterocycles. The van der Waals surface area contributed by atoms with Crippen LogP contribution < -0.4 is 5.32 Å². The molecule has 2 aromatic rings. The van der Waals surface area contributed by atoms with Gasteiger partial charge in [0.15, 0.2) is 5.13 Å². The minimum absolute atomic E-state index is 0.0324. The Kier molecular flexibility index (Phi) is 3.46. The van der Waals surface area contributed by atoms with Gasteiger partial charge in [-0.05, 0) is 62.2 Å². The molecule has 6 rings (SSSR count). The number of hydrogen-bond donors (Lipinski definition) is 1. The van der Waals surface area contributed by atoms with Crippen molar-refractivity contribution in [2.24, 2.45) is 17.3 Å². The molecule has 4 bridgehead atoms. The average Bonchev–Trinajstić information content (AvgIpc) is 3.23. The van der Waals surface area contributed by atoms with Crippen LogP contribution in [0.15, 0.2) is 12.5 Å². The van der Waals surface area contributed by atoms with Crippen LogP contribution in [0.4, 0.5) is 11.1 Å². The van der Waals surface area contributed by atoms with Crippen LogP contribution in [0, 0.1) is 34.3 Å². The first-order valence-electron chi connectivity index (χ1n) is 9.18. The largest absolute Gasteiger partial charge is 0.490 e. The van der Waals surface area contributed by atoms with Crippen LogP contribution in [-0.2, 0) is 10.3 Å². The molecule has 4 aliphatic rings. The van der Waals surface area contributed by atoms with Crippen molar-refractivity contribution >= 4 is 28.3 Å². The monoisotopic (exact) mass is 388 g/mol. The van der Waals surface area contributed by atoms with E-state index in [0.717, 1.165) is 37.0 Å². The lowest BCUT2D eigenvalue weighted by molar-refractivity contribution is -0.394. The number of anilines is 1. The topological polar surface area (TPSA) is 116 Å². The van der Waals surface area contributed by atoms with Gasteiger partial charge in [0.1, 0.15) is 0 Å². The van der Waals surface area contributed by atoms with Crippen molar-refractivity contribution in [3.8, 4) is 0 Å². The summed E-state index contributed by atoms with van der Waals surface area (Å²) in [5.41, 5.74) is -0.800. The second-order valence-corrected chi connectivity index (χ2v) is 9.68. The quantitative estimate of drug-likeness (QED) is 0.636. The maximum atomic E-state index is 13.3. The Balaban J connectivity index is 1.47. The number of carbonyl (C=O) groups excluding carboxylic acids is 1. The van der Waals surface area contributed by atoms with E-state index in [4.69, 9.17) is 0 Å². The highest BCUT2D eigenvalue weighted by Gasteiger charge is 2.62. The fourth-order valence-corrected chi connectivity index (χ4v) is 6.62. The third-order valence-corrected chi connectivity index (χ3v) is 7.31. The Hall–Kier alpha value is -2.36. The van der Waals surface area contributed by atoms with Gasteiger partial charge in [0.05, 0.1) is 11.0 Å². The van der Waals surface area contributed by atoms with Crippen molar-refractivity contribution in [2.45, 2.75) is 51.0 Å². The van der Waals surface area contributed by atoms with E-state index in [0.29, 0.717) is 23.4 Å². The molecular formula is C17H20N6O3S. The van der Waals surface area contributed by atoms with Crippen molar-refractivity contribution in [1.29, 1.82) is 0 Å². The molecule has 9 nitrogen and oxygen atoms in total. The van der Waals surface area contributed by atoms with Gasteiger partial charge in [-0.3, -0.25) is 4.79 Å². The maximum absolute atomic E-state index is 13.3. The SMILES string of the molecule is Cc1cnc(NC(=O)C23CC4CC(C2)CC(n2cnc([N+](=O)[O-])n2)(C4)C3)s1. The fourth-order valence-electron chi connectivity index (χ4n) is 5.96. The molecule has 142 valence electrons. The second kappa shape index (κ2) is 5.57. The van der Waals surface area contributed by atoms with E-state index in [1.165, 1.54) is 17.7 Å². The first kappa shape index (κ1) is 16.8. The van der Waals surface area contributed by atoms with Crippen molar-refractivity contribution in [3.63, 3.8) is 0 Å². The highest BCUT2D eigenvalue weighted by atomic mass is 32.1. The molecule has 0 spiro atoms. The first-order chi connectivity index (χ1) is 12.9. The third kappa shape index (κ3) is 2.57. The number of nitrogens with zero attached hydrogens (tertiary/aromatic N) is 5. The van der Waals surface area contributed by atoms with Crippen molar-refractivity contribution in [3.05, 3.63) is 27.5 Å². The Labute approximate surface area is 159 Å². The summed E-state index contributed by atoms with van der Waals surface area (Å²) in [6.07, 6.45) is 8.59. The van der Waals surface area contributed by atoms with E-state index in [1.807, 2.05) is 6.92 Å². The lowest BCUT2D eigenvalue weighted by atomic mass is 9.46. The Bertz CT molecular complexity index is 923. The number of thiazole rings is 1. The van der Waals surface area contributed by atoms with Crippen LogP contribution in [0.1, 0.15) is 43.4 Å². The normalized spacial score (nSPS) is 34.0. The van der Waals surface area contributed by atoms with Gasteiger partial charge in [-0.25, -0.2) is 4.98 Å². The van der Waals surface area contributed by atoms with E-state index in [2.05, 4.69) is 20.4 Å². The van der Waals surface area contributed by atoms with Gasteiger partial charge < -0.3 is 15.4 Å². The summed E-state index contributed by atoms with van der Waals surface area (Å²) >= 11 is 1.48. The van der Waals surface area contributed by atoms with Crippen LogP contribution in [0.25, 0.3) is 0 Å². The molecule has 10 heteroatoms. The van der Waals surface area contributed by atoms with Crippen molar-refractivity contribution < 1.29 is 9.72 Å². The van der Waals surface area contributed by atoms with Crippen LogP contribution in [-0.4, -0.2) is 30.6 Å². The molecule has 2 atom stereocenters. The molecule has 2 aromatic heterocycles. The van der Waals surface area contributed by atoms with Gasteiger partial charge in [0.2, 0.25) is 12.2 Å². The summed E-state index contributed by atoms with van der Waals surface area (Å²) in [6, 6.07) is 0. The Morgan fingerprint density at radius 1 is 1.33 bits per heavy atom. The zero-order valence-electron chi connectivity index (χ0n) is 14.9. The Morgan fingerprint density at radius 2 is 2.07 bits per heavy atom. The van der Waals surface area contributed by atoms with Gasteiger partial charge in [0, 0.05) is 16.2 Å². The predicted octanol–water partition coefficient (Wildman–Crippen LogP) is 2.89. The summed E-state index contributed by atoms with van der Waals surface area (Å²) < 4.78 is 1.68. The Morgan fingerprint density at radius 3 is 2.67 bits per heavy atom. The lowest BCUT2D eigenvalue weighted by Gasteiger charge is -2.60. The molecule has 0 aromatic carbocycles. The van der Waals surface area contributed by atoms with Crippen LogP contribution in [0.5, 0.6) is 0 Å². The average molecular weight is 388 g/mol. The molecule has 2 heterocycles. The van der Waals surface area contributed by atoms with Crippen LogP contribution >= 0.6 is 11.3 Å². The molecule has 0 saturated heterocycles. The zero-order valence-corrected chi connectivity index (χ0v) is 15.7. The van der Waals surface area contributed by atoms with E-state index < -0.39 is 10.3 Å². The van der Waals surface area contributed by atoms with Gasteiger partial charge in [0.25, 0.3) is 0 Å². The maximum Gasteiger partial charge on any atom is 0.490 e. The number of aryl methyl sites for hydroxylation is 1. The number of nitro groups is 1. The van der Waals surface area contributed by atoms with Crippen molar-refractivity contribution in [1.82, 2.24) is 19.7 Å². The lowest BCUT2D eigenvalue weighted by Crippen LogP contribution is -2.60. The molecule has 0 radical (unpaired) electrons. The van der Waals surface area contributed by atoms with E-state index >= 15 is 0 Å². The number of aromatic nitrogens is 4. The molecule has 2 unspecified atom stereocenters. The summed E-state index contributed by atoms with van der Waals surface area (Å²) in [6.45, 7) is 1.96. The summed E-state index contributed by atoms with van der Waals surface area (Å²) in [4.78, 5) is 32.9. The first-order valence-corrected chi connectivity index (χ1v) is 10.00. The predicted molar refractivity (Wildman–Crippen MR) is 97.2 cm³/mol. The number of rotatable bonds is 4. The molecular weight excluding hydrogens is 368 g/mol. The molecule has 1 amide bonds. The number of amides is 1. The van der Waals surface area contributed by atoms with Gasteiger partial charge >= 0.3 is 5.95 Å². The van der Waals surface area contributed by atoms with Gasteiger partial charge in [-0.15, -0.1) is 11.3 Å². The summed E-state index contributed by atoms with van der Waals surface area (Å²) in [5, 5.41) is 18.8. The van der Waals surface area contributed by atoms with E-state index in [-0.39, 0.29) is 17.4 Å². The highest BCUT2D eigenvalue weighted by molar-refractivity contribution is 7.15. The summed E-state index contributed by atoms with van der Waals surface area (Å²) in [5.74, 6) is 0.545. The van der Waals surface area contributed by atoms with Crippen molar-refractivity contribution in [2.75, 3.05) is 5.32 Å². The van der Waals surface area contributed by atoms with Gasteiger partial charge in [-0.1, -0.05) is 4.98 Å². The molecule has 4 aliphatic carbocycles. The fraction of sp³-hybridized carbons (Fsp3) is 0.647. The number of nitrogens with one attached hydrogen (secondary N) is 1. The highest BCUT2D eigenvalue weighted by Crippen LogP contribution is 2.64. The number of carbonyl (C=O) groups is 1. The minimum atomic E-state index is -0.565. The molecule has 4 fully saturated rings. The molecule has 1 N–H and O–H groups in total. The second-order valence-electron chi connectivity index (χ2n) is 8.44. The van der Waals surface area contributed by atoms with Crippen LogP contribution in [0.3, 0.4) is 0 Å². The van der Waals surface area contributed by atoms with E-state index in [9.17, 15) is 14.9 Å². The minimum Gasteiger partial charge on any atom is -0.390 e. The van der Waals surface area contributed by atoms with E-state index in [1.54, 1.807) is 10.9 Å². The molecule has 4 saturated carbocycles. The smallest absolute Gasteiger partial charge is 0.390 e. The third-order valence-electron chi connectivity index (χ3n) is 6.48. The number of hydrogen-bond acceptors (Lipinski definition) is 7. The zero-order chi connectivity index (χ0) is 18.8. The summed E-state index contributed by atoms with van der Waals surface area (Å²) in [7, 11) is 0.